The number of nitrogens with one attached hydrogen (secondary N) is 1. The first-order valence-electron chi connectivity index (χ1n) is 12.5. The van der Waals surface area contributed by atoms with E-state index in [4.69, 9.17) is 30.5 Å². The van der Waals surface area contributed by atoms with Crippen LogP contribution in [0.3, 0.4) is 0 Å². The normalized spacial score (nSPS) is 10.8. The van der Waals surface area contributed by atoms with Gasteiger partial charge in [0.25, 0.3) is 5.91 Å². The smallest absolute Gasteiger partial charge is 0.271 e. The number of amides is 1. The highest BCUT2D eigenvalue weighted by Gasteiger charge is 2.13. The van der Waals surface area contributed by atoms with Gasteiger partial charge >= 0.3 is 0 Å². The number of carbonyl (C=O) groups is 1. The number of halogens is 2. The van der Waals surface area contributed by atoms with E-state index in [0.717, 1.165) is 11.1 Å². The molecule has 0 aliphatic carbocycles. The Labute approximate surface area is 246 Å². The SMILES string of the molecule is CCOc1cc(C(=O)N/N=C/c2cc(Br)c(OCc3ccc(Cl)cc3)c(OC)c2)ccc1OCc1ccccc1. The minimum atomic E-state index is -0.388. The average molecular weight is 624 g/mol. The largest absolute Gasteiger partial charge is 0.493 e. The van der Waals surface area contributed by atoms with Crippen LogP contribution in [-0.2, 0) is 13.2 Å². The molecule has 0 heterocycles. The Morgan fingerprint density at radius 2 is 1.60 bits per heavy atom. The molecule has 0 fully saturated rings. The minimum absolute atomic E-state index is 0.343. The van der Waals surface area contributed by atoms with E-state index >= 15 is 0 Å². The molecule has 0 spiro atoms. The van der Waals surface area contributed by atoms with Crippen molar-refractivity contribution >= 4 is 39.7 Å². The van der Waals surface area contributed by atoms with Gasteiger partial charge in [-0.15, -0.1) is 0 Å². The molecule has 4 aromatic rings. The summed E-state index contributed by atoms with van der Waals surface area (Å²) in [5.41, 5.74) is 5.64. The number of hydrazone groups is 1. The van der Waals surface area contributed by atoms with Gasteiger partial charge in [0.1, 0.15) is 13.2 Å². The van der Waals surface area contributed by atoms with E-state index < -0.39 is 0 Å². The summed E-state index contributed by atoms with van der Waals surface area (Å²) in [4.78, 5) is 12.8. The van der Waals surface area contributed by atoms with Crippen molar-refractivity contribution in [3.63, 3.8) is 0 Å². The molecule has 0 unspecified atom stereocenters. The van der Waals surface area contributed by atoms with E-state index in [1.807, 2.05) is 67.6 Å². The van der Waals surface area contributed by atoms with Gasteiger partial charge in [0.05, 0.1) is 24.4 Å². The summed E-state index contributed by atoms with van der Waals surface area (Å²) in [5, 5.41) is 4.78. The molecule has 1 N–H and O–H groups in total. The lowest BCUT2D eigenvalue weighted by atomic mass is 10.2. The molecule has 0 atom stereocenters. The van der Waals surface area contributed by atoms with Crippen LogP contribution in [0.5, 0.6) is 23.0 Å². The second-order valence-electron chi connectivity index (χ2n) is 8.52. The van der Waals surface area contributed by atoms with Crippen molar-refractivity contribution in [2.24, 2.45) is 5.10 Å². The number of ether oxygens (including phenoxy) is 4. The fraction of sp³-hybridized carbons (Fsp3) is 0.161. The summed E-state index contributed by atoms with van der Waals surface area (Å²) in [6.45, 7) is 3.04. The van der Waals surface area contributed by atoms with Crippen LogP contribution in [-0.4, -0.2) is 25.8 Å². The molecule has 206 valence electrons. The third-order valence-electron chi connectivity index (χ3n) is 5.67. The predicted octanol–water partition coefficient (Wildman–Crippen LogP) is 7.43. The predicted molar refractivity (Wildman–Crippen MR) is 160 cm³/mol. The van der Waals surface area contributed by atoms with Gasteiger partial charge in [0, 0.05) is 10.6 Å². The van der Waals surface area contributed by atoms with Crippen LogP contribution in [0.15, 0.2) is 94.5 Å². The zero-order valence-electron chi connectivity index (χ0n) is 22.0. The lowest BCUT2D eigenvalue weighted by Crippen LogP contribution is -2.17. The zero-order chi connectivity index (χ0) is 28.3. The Hall–Kier alpha value is -4.01. The number of methoxy groups -OCH3 is 1. The maximum absolute atomic E-state index is 12.8. The number of hydrogen-bond donors (Lipinski definition) is 1. The summed E-state index contributed by atoms with van der Waals surface area (Å²) >= 11 is 9.49. The summed E-state index contributed by atoms with van der Waals surface area (Å²) in [7, 11) is 1.56. The van der Waals surface area contributed by atoms with E-state index in [1.165, 1.54) is 6.21 Å². The molecular weight excluding hydrogens is 596 g/mol. The molecule has 7 nitrogen and oxygen atoms in total. The third kappa shape index (κ3) is 8.00. The van der Waals surface area contributed by atoms with Gasteiger partial charge in [-0.05, 0) is 82.0 Å². The molecule has 4 aromatic carbocycles. The maximum atomic E-state index is 12.8. The summed E-state index contributed by atoms with van der Waals surface area (Å²) in [6, 6.07) is 25.9. The molecule has 0 saturated heterocycles. The van der Waals surface area contributed by atoms with Crippen molar-refractivity contribution in [1.82, 2.24) is 5.43 Å². The highest BCUT2D eigenvalue weighted by Crippen LogP contribution is 2.37. The standard InChI is InChI=1S/C31H28BrClN2O5/c1-3-38-28-17-24(11-14-27(28)39-19-21-7-5-4-6-8-21)31(36)35-34-18-23-15-26(32)30(29(16-23)37-2)40-20-22-9-12-25(33)13-10-22/h4-18H,3,19-20H2,1-2H3,(H,35,36)/b34-18+. The molecule has 4 rings (SSSR count). The van der Waals surface area contributed by atoms with Crippen LogP contribution in [0.2, 0.25) is 5.02 Å². The molecule has 0 aliphatic heterocycles. The van der Waals surface area contributed by atoms with Gasteiger partial charge in [-0.25, -0.2) is 5.43 Å². The van der Waals surface area contributed by atoms with Gasteiger partial charge in [-0.1, -0.05) is 54.1 Å². The Balaban J connectivity index is 1.40. The Morgan fingerprint density at radius 3 is 2.33 bits per heavy atom. The van der Waals surface area contributed by atoms with E-state index in [0.29, 0.717) is 63.4 Å². The summed E-state index contributed by atoms with van der Waals surface area (Å²) in [5.74, 6) is 1.72. The first-order chi connectivity index (χ1) is 19.5. The van der Waals surface area contributed by atoms with Crippen molar-refractivity contribution < 1.29 is 23.7 Å². The monoisotopic (exact) mass is 622 g/mol. The molecular formula is C31H28BrClN2O5. The Bertz CT molecular complexity index is 1460. The van der Waals surface area contributed by atoms with E-state index in [-0.39, 0.29) is 5.91 Å². The second-order valence-corrected chi connectivity index (χ2v) is 9.81. The van der Waals surface area contributed by atoms with Crippen LogP contribution < -0.4 is 24.4 Å². The van der Waals surface area contributed by atoms with Crippen LogP contribution in [0, 0.1) is 0 Å². The fourth-order valence-electron chi connectivity index (χ4n) is 3.69. The summed E-state index contributed by atoms with van der Waals surface area (Å²) in [6.07, 6.45) is 1.52. The lowest BCUT2D eigenvalue weighted by Gasteiger charge is -2.14. The van der Waals surface area contributed by atoms with Gasteiger partial charge in [-0.3, -0.25) is 4.79 Å². The van der Waals surface area contributed by atoms with E-state index in [9.17, 15) is 4.79 Å². The molecule has 1 amide bonds. The van der Waals surface area contributed by atoms with E-state index in [1.54, 1.807) is 31.4 Å². The molecule has 40 heavy (non-hydrogen) atoms. The first kappa shape index (κ1) is 29.0. The Kier molecular flexibility index (Phi) is 10.4. The van der Waals surface area contributed by atoms with Gasteiger partial charge in [0.2, 0.25) is 0 Å². The van der Waals surface area contributed by atoms with Crippen molar-refractivity contribution in [3.8, 4) is 23.0 Å². The number of nitrogens with zero attached hydrogens (tertiary/aromatic N) is 1. The Morgan fingerprint density at radius 1 is 0.875 bits per heavy atom. The molecule has 0 bridgehead atoms. The quantitative estimate of drug-likeness (QED) is 0.131. The molecule has 9 heteroatoms. The van der Waals surface area contributed by atoms with Crippen molar-refractivity contribution in [3.05, 3.63) is 117 Å². The van der Waals surface area contributed by atoms with Crippen molar-refractivity contribution in [2.75, 3.05) is 13.7 Å². The van der Waals surface area contributed by atoms with Gasteiger partial charge in [-0.2, -0.15) is 5.10 Å². The average Bonchev–Trinajstić information content (AvgIpc) is 2.97. The maximum Gasteiger partial charge on any atom is 0.271 e. The third-order valence-corrected chi connectivity index (χ3v) is 6.51. The first-order valence-corrected chi connectivity index (χ1v) is 13.7. The molecule has 0 radical (unpaired) electrons. The lowest BCUT2D eigenvalue weighted by molar-refractivity contribution is 0.0954. The number of benzene rings is 4. The number of rotatable bonds is 12. The van der Waals surface area contributed by atoms with Gasteiger partial charge in [0.15, 0.2) is 23.0 Å². The number of hydrogen-bond acceptors (Lipinski definition) is 6. The van der Waals surface area contributed by atoms with Crippen LogP contribution in [0.1, 0.15) is 34.0 Å². The van der Waals surface area contributed by atoms with Gasteiger partial charge < -0.3 is 18.9 Å². The fourth-order valence-corrected chi connectivity index (χ4v) is 4.39. The molecule has 0 aromatic heterocycles. The second kappa shape index (κ2) is 14.4. The molecule has 0 saturated carbocycles. The minimum Gasteiger partial charge on any atom is -0.493 e. The highest BCUT2D eigenvalue weighted by atomic mass is 79.9. The van der Waals surface area contributed by atoms with Crippen LogP contribution in [0.25, 0.3) is 0 Å². The van der Waals surface area contributed by atoms with E-state index in [2.05, 4.69) is 26.5 Å². The van der Waals surface area contributed by atoms with Crippen molar-refractivity contribution in [1.29, 1.82) is 0 Å². The zero-order valence-corrected chi connectivity index (χ0v) is 24.4. The highest BCUT2D eigenvalue weighted by molar-refractivity contribution is 9.10. The number of carbonyl (C=O) groups excluding carboxylic acids is 1. The van der Waals surface area contributed by atoms with Crippen LogP contribution in [0.4, 0.5) is 0 Å². The van der Waals surface area contributed by atoms with Crippen LogP contribution >= 0.6 is 27.5 Å². The van der Waals surface area contributed by atoms with Crippen molar-refractivity contribution in [2.45, 2.75) is 20.1 Å². The topological polar surface area (TPSA) is 78.4 Å². The molecule has 0 aliphatic rings. The summed E-state index contributed by atoms with van der Waals surface area (Å²) < 4.78 is 23.8.